The van der Waals surface area contributed by atoms with Crippen LogP contribution in [-0.2, 0) is 17.8 Å². The molecule has 0 atom stereocenters. The molecule has 156 valence electrons. The SMILES string of the molecule is Cc1ccc(CNC(=O)c2[nH]c(=O)c3ccc(CN4CCOCC4)cc3c2O)cc1. The maximum Gasteiger partial charge on any atom is 0.271 e. The van der Waals surface area contributed by atoms with Crippen molar-refractivity contribution in [1.29, 1.82) is 0 Å². The molecule has 1 aromatic heterocycles. The number of aromatic amines is 1. The lowest BCUT2D eigenvalue weighted by molar-refractivity contribution is 0.0342. The standard InChI is InChI=1S/C23H25N3O4/c1-15-2-4-16(5-3-15)13-24-23(29)20-21(27)19-12-17(6-7-18(19)22(28)25-20)14-26-8-10-30-11-9-26/h2-7,12,27H,8-11,13-14H2,1H3,(H,24,29)(H,25,28). The maximum absolute atomic E-state index is 12.6. The van der Waals surface area contributed by atoms with Crippen molar-refractivity contribution in [3.05, 3.63) is 75.2 Å². The normalized spacial score (nSPS) is 14.7. The lowest BCUT2D eigenvalue weighted by Gasteiger charge is -2.26. The highest BCUT2D eigenvalue weighted by Crippen LogP contribution is 2.26. The number of aromatic nitrogens is 1. The van der Waals surface area contributed by atoms with Crippen molar-refractivity contribution >= 4 is 16.7 Å². The average molecular weight is 407 g/mol. The van der Waals surface area contributed by atoms with Crippen molar-refractivity contribution < 1.29 is 14.6 Å². The Labute approximate surface area is 174 Å². The van der Waals surface area contributed by atoms with Crippen molar-refractivity contribution in [1.82, 2.24) is 15.2 Å². The van der Waals surface area contributed by atoms with E-state index in [2.05, 4.69) is 15.2 Å². The fourth-order valence-corrected chi connectivity index (χ4v) is 3.62. The van der Waals surface area contributed by atoms with Gasteiger partial charge in [-0.3, -0.25) is 14.5 Å². The average Bonchev–Trinajstić information content (AvgIpc) is 2.76. The van der Waals surface area contributed by atoms with Crippen molar-refractivity contribution in [3.8, 4) is 5.75 Å². The first-order valence-electron chi connectivity index (χ1n) is 10.0. The van der Waals surface area contributed by atoms with Gasteiger partial charge in [-0.15, -0.1) is 0 Å². The van der Waals surface area contributed by atoms with Crippen LogP contribution < -0.4 is 10.9 Å². The number of hydrogen-bond acceptors (Lipinski definition) is 5. The number of carbonyl (C=O) groups excluding carboxylic acids is 1. The Morgan fingerprint density at radius 1 is 1.10 bits per heavy atom. The van der Waals surface area contributed by atoms with Crippen LogP contribution in [0.4, 0.5) is 0 Å². The summed E-state index contributed by atoms with van der Waals surface area (Å²) in [4.78, 5) is 29.9. The first-order chi connectivity index (χ1) is 14.5. The zero-order chi connectivity index (χ0) is 21.1. The van der Waals surface area contributed by atoms with Gasteiger partial charge in [-0.1, -0.05) is 35.9 Å². The summed E-state index contributed by atoms with van der Waals surface area (Å²) in [7, 11) is 0. The number of rotatable bonds is 5. The number of nitrogens with zero attached hydrogens (tertiary/aromatic N) is 1. The number of nitrogens with one attached hydrogen (secondary N) is 2. The molecule has 0 unspecified atom stereocenters. The van der Waals surface area contributed by atoms with E-state index >= 15 is 0 Å². The summed E-state index contributed by atoms with van der Waals surface area (Å²) in [5, 5.41) is 14.2. The second-order valence-corrected chi connectivity index (χ2v) is 7.61. The van der Waals surface area contributed by atoms with Gasteiger partial charge in [0.2, 0.25) is 0 Å². The predicted molar refractivity (Wildman–Crippen MR) is 115 cm³/mol. The van der Waals surface area contributed by atoms with Crippen molar-refractivity contribution in [2.45, 2.75) is 20.0 Å². The number of ether oxygens (including phenoxy) is 1. The summed E-state index contributed by atoms with van der Waals surface area (Å²) in [5.41, 5.74) is 2.51. The number of aromatic hydroxyl groups is 1. The Kier molecular flexibility index (Phi) is 5.83. The third-order valence-electron chi connectivity index (χ3n) is 5.37. The second kappa shape index (κ2) is 8.69. The molecule has 4 rings (SSSR count). The summed E-state index contributed by atoms with van der Waals surface area (Å²) < 4.78 is 5.37. The van der Waals surface area contributed by atoms with Gasteiger partial charge in [0.1, 0.15) is 5.69 Å². The molecule has 1 amide bonds. The fraction of sp³-hybridized carbons (Fsp3) is 0.304. The molecule has 1 aliphatic rings. The molecule has 3 N–H and O–H groups in total. The summed E-state index contributed by atoms with van der Waals surface area (Å²) >= 11 is 0. The van der Waals surface area contributed by atoms with Crippen LogP contribution in [0.5, 0.6) is 5.75 Å². The summed E-state index contributed by atoms with van der Waals surface area (Å²) in [6, 6.07) is 13.1. The first-order valence-corrected chi connectivity index (χ1v) is 10.0. The van der Waals surface area contributed by atoms with Crippen LogP contribution in [0.15, 0.2) is 47.3 Å². The minimum Gasteiger partial charge on any atom is -0.505 e. The molecule has 0 bridgehead atoms. The number of carbonyl (C=O) groups is 1. The fourth-order valence-electron chi connectivity index (χ4n) is 3.62. The Morgan fingerprint density at radius 3 is 2.53 bits per heavy atom. The van der Waals surface area contributed by atoms with Gasteiger partial charge >= 0.3 is 0 Å². The van der Waals surface area contributed by atoms with E-state index in [-0.39, 0.29) is 11.4 Å². The molecule has 30 heavy (non-hydrogen) atoms. The monoisotopic (exact) mass is 407 g/mol. The highest BCUT2D eigenvalue weighted by Gasteiger charge is 2.18. The minimum atomic E-state index is -0.523. The number of aryl methyl sites for hydroxylation is 1. The zero-order valence-corrected chi connectivity index (χ0v) is 16.9. The summed E-state index contributed by atoms with van der Waals surface area (Å²) in [6.45, 7) is 6.06. The predicted octanol–water partition coefficient (Wildman–Crippen LogP) is 2.30. The van der Waals surface area contributed by atoms with Crippen LogP contribution in [0.3, 0.4) is 0 Å². The molecule has 0 spiro atoms. The lowest BCUT2D eigenvalue weighted by atomic mass is 10.1. The molecule has 3 aromatic rings. The number of benzene rings is 2. The number of pyridine rings is 1. The molecular formula is C23H25N3O4. The largest absolute Gasteiger partial charge is 0.505 e. The van der Waals surface area contributed by atoms with E-state index in [4.69, 9.17) is 4.74 Å². The zero-order valence-electron chi connectivity index (χ0n) is 16.9. The molecule has 2 heterocycles. The van der Waals surface area contributed by atoms with E-state index in [1.165, 1.54) is 0 Å². The van der Waals surface area contributed by atoms with E-state index in [0.717, 1.165) is 29.8 Å². The smallest absolute Gasteiger partial charge is 0.271 e. The van der Waals surface area contributed by atoms with Crippen molar-refractivity contribution in [2.24, 2.45) is 0 Å². The molecule has 1 aliphatic heterocycles. The van der Waals surface area contributed by atoms with Gasteiger partial charge in [-0.05, 0) is 30.2 Å². The van der Waals surface area contributed by atoms with E-state index < -0.39 is 11.5 Å². The van der Waals surface area contributed by atoms with Crippen LogP contribution in [-0.4, -0.2) is 47.2 Å². The summed E-state index contributed by atoms with van der Waals surface area (Å²) in [6.07, 6.45) is 0. The number of fused-ring (bicyclic) bond motifs is 1. The van der Waals surface area contributed by atoms with E-state index in [0.29, 0.717) is 37.1 Å². The van der Waals surface area contributed by atoms with Crippen LogP contribution in [0.25, 0.3) is 10.8 Å². The van der Waals surface area contributed by atoms with E-state index in [1.54, 1.807) is 12.1 Å². The molecule has 0 radical (unpaired) electrons. The second-order valence-electron chi connectivity index (χ2n) is 7.61. The van der Waals surface area contributed by atoms with Crippen LogP contribution in [0, 0.1) is 6.92 Å². The highest BCUT2D eigenvalue weighted by molar-refractivity contribution is 6.01. The van der Waals surface area contributed by atoms with E-state index in [9.17, 15) is 14.7 Å². The van der Waals surface area contributed by atoms with Gasteiger partial charge in [0.25, 0.3) is 11.5 Å². The van der Waals surface area contributed by atoms with Gasteiger partial charge in [-0.25, -0.2) is 0 Å². The van der Waals surface area contributed by atoms with Gasteiger partial charge in [0.05, 0.1) is 18.6 Å². The van der Waals surface area contributed by atoms with Gasteiger partial charge in [-0.2, -0.15) is 0 Å². The molecule has 7 nitrogen and oxygen atoms in total. The van der Waals surface area contributed by atoms with Gasteiger partial charge in [0, 0.05) is 31.6 Å². The first kappa shape index (κ1) is 20.1. The Hall–Kier alpha value is -3.16. The van der Waals surface area contributed by atoms with Crippen LogP contribution in [0.2, 0.25) is 0 Å². The Morgan fingerprint density at radius 2 is 1.80 bits per heavy atom. The number of H-pyrrole nitrogens is 1. The molecule has 0 saturated carbocycles. The third-order valence-corrected chi connectivity index (χ3v) is 5.37. The topological polar surface area (TPSA) is 94.7 Å². The van der Waals surface area contributed by atoms with E-state index in [1.807, 2.05) is 37.3 Å². The van der Waals surface area contributed by atoms with Crippen LogP contribution >= 0.6 is 0 Å². The quantitative estimate of drug-likeness (QED) is 0.603. The van der Waals surface area contributed by atoms with Gasteiger partial charge < -0.3 is 20.1 Å². The molecule has 0 aliphatic carbocycles. The Balaban J connectivity index is 1.57. The number of amides is 1. The molecule has 7 heteroatoms. The minimum absolute atomic E-state index is 0.122. The summed E-state index contributed by atoms with van der Waals surface area (Å²) in [5.74, 6) is -0.736. The van der Waals surface area contributed by atoms with Crippen molar-refractivity contribution in [3.63, 3.8) is 0 Å². The maximum atomic E-state index is 12.6. The molecule has 1 fully saturated rings. The molecular weight excluding hydrogens is 382 g/mol. The molecule has 1 saturated heterocycles. The molecule has 2 aromatic carbocycles. The number of morpholine rings is 1. The van der Waals surface area contributed by atoms with Crippen LogP contribution in [0.1, 0.15) is 27.2 Å². The van der Waals surface area contributed by atoms with Crippen molar-refractivity contribution in [2.75, 3.05) is 26.3 Å². The number of hydrogen-bond donors (Lipinski definition) is 3. The lowest BCUT2D eigenvalue weighted by Crippen LogP contribution is -2.35. The third kappa shape index (κ3) is 4.37. The Bertz CT molecular complexity index is 1120. The highest BCUT2D eigenvalue weighted by atomic mass is 16.5. The van der Waals surface area contributed by atoms with Gasteiger partial charge in [0.15, 0.2) is 5.75 Å².